The van der Waals surface area contributed by atoms with Crippen molar-refractivity contribution >= 4 is 22.4 Å². The summed E-state index contributed by atoms with van der Waals surface area (Å²) in [6.45, 7) is 7.89. The van der Waals surface area contributed by atoms with E-state index in [0.717, 1.165) is 29.1 Å². The van der Waals surface area contributed by atoms with Crippen molar-refractivity contribution in [3.63, 3.8) is 0 Å². The first-order valence-corrected chi connectivity index (χ1v) is 7.91. The van der Waals surface area contributed by atoms with Crippen LogP contribution in [0.4, 0.5) is 5.13 Å². The maximum atomic E-state index is 12.1. The molecule has 21 heavy (non-hydrogen) atoms. The smallest absolute Gasteiger partial charge is 0.230 e. The van der Waals surface area contributed by atoms with Crippen molar-refractivity contribution in [2.75, 3.05) is 5.32 Å². The summed E-state index contributed by atoms with van der Waals surface area (Å²) in [7, 11) is 0. The van der Waals surface area contributed by atoms with Crippen LogP contribution in [0.3, 0.4) is 0 Å². The highest BCUT2D eigenvalue weighted by Gasteiger charge is 2.17. The number of carbonyl (C=O) groups is 1. The lowest BCUT2D eigenvalue weighted by molar-refractivity contribution is -0.115. The lowest BCUT2D eigenvalue weighted by Crippen LogP contribution is -2.15. The van der Waals surface area contributed by atoms with Gasteiger partial charge in [-0.15, -0.1) is 10.2 Å². The van der Waals surface area contributed by atoms with E-state index in [1.54, 1.807) is 6.92 Å². The monoisotopic (exact) mass is 308 g/mol. The number of rotatable bonds is 6. The number of anilines is 1. The minimum atomic E-state index is -0.128. The highest BCUT2D eigenvalue weighted by Crippen LogP contribution is 2.28. The van der Waals surface area contributed by atoms with Gasteiger partial charge in [-0.25, -0.2) is 0 Å². The molecular weight excluding hydrogens is 288 g/mol. The molecule has 7 heteroatoms. The highest BCUT2D eigenvalue weighted by atomic mass is 32.1. The maximum absolute atomic E-state index is 12.1. The van der Waals surface area contributed by atoms with Gasteiger partial charge < -0.3 is 9.84 Å². The van der Waals surface area contributed by atoms with Crippen LogP contribution in [0.15, 0.2) is 4.52 Å². The van der Waals surface area contributed by atoms with E-state index in [4.69, 9.17) is 4.52 Å². The second kappa shape index (κ2) is 6.80. The standard InChI is InChI=1S/C14H20N4O2S/c1-5-10(6-2)13-16-17-14(21-13)15-12(19)7-11-8(3)18-20-9(11)4/h10H,5-7H2,1-4H3,(H,15,17,19). The van der Waals surface area contributed by atoms with Crippen molar-refractivity contribution in [1.82, 2.24) is 15.4 Å². The summed E-state index contributed by atoms with van der Waals surface area (Å²) < 4.78 is 5.06. The molecule has 2 rings (SSSR count). The van der Waals surface area contributed by atoms with E-state index in [9.17, 15) is 4.79 Å². The third-order valence-corrected chi connectivity index (χ3v) is 4.54. The molecule has 0 fully saturated rings. The van der Waals surface area contributed by atoms with Gasteiger partial charge >= 0.3 is 0 Å². The molecule has 0 saturated heterocycles. The second-order valence-electron chi connectivity index (χ2n) is 4.99. The molecule has 2 aromatic heterocycles. The zero-order chi connectivity index (χ0) is 15.4. The average molecular weight is 308 g/mol. The van der Waals surface area contributed by atoms with E-state index in [1.165, 1.54) is 11.3 Å². The van der Waals surface area contributed by atoms with E-state index < -0.39 is 0 Å². The Morgan fingerprint density at radius 3 is 2.57 bits per heavy atom. The fraction of sp³-hybridized carbons (Fsp3) is 0.571. The summed E-state index contributed by atoms with van der Waals surface area (Å²) in [6.07, 6.45) is 2.29. The van der Waals surface area contributed by atoms with Crippen LogP contribution in [0.2, 0.25) is 0 Å². The quantitative estimate of drug-likeness (QED) is 0.886. The Balaban J connectivity index is 2.00. The predicted octanol–water partition coefficient (Wildman–Crippen LogP) is 3.23. The largest absolute Gasteiger partial charge is 0.361 e. The zero-order valence-corrected chi connectivity index (χ0v) is 13.6. The van der Waals surface area contributed by atoms with E-state index >= 15 is 0 Å². The average Bonchev–Trinajstić information content (AvgIpc) is 3.02. The molecule has 0 bridgehead atoms. The molecule has 2 heterocycles. The number of aromatic nitrogens is 3. The van der Waals surface area contributed by atoms with Gasteiger partial charge in [0.25, 0.3) is 0 Å². The van der Waals surface area contributed by atoms with E-state index in [0.29, 0.717) is 16.8 Å². The van der Waals surface area contributed by atoms with Crippen LogP contribution < -0.4 is 5.32 Å². The number of hydrogen-bond donors (Lipinski definition) is 1. The Labute approximate surface area is 127 Å². The van der Waals surface area contributed by atoms with Gasteiger partial charge in [0.2, 0.25) is 11.0 Å². The first kappa shape index (κ1) is 15.6. The SMILES string of the molecule is CCC(CC)c1nnc(NC(=O)Cc2c(C)noc2C)s1. The molecule has 0 atom stereocenters. The molecule has 0 saturated carbocycles. The molecule has 0 aliphatic carbocycles. The minimum absolute atomic E-state index is 0.128. The van der Waals surface area contributed by atoms with Gasteiger partial charge in [-0.3, -0.25) is 4.79 Å². The minimum Gasteiger partial charge on any atom is -0.361 e. The Morgan fingerprint density at radius 1 is 1.29 bits per heavy atom. The van der Waals surface area contributed by atoms with Gasteiger partial charge in [0.1, 0.15) is 10.8 Å². The predicted molar refractivity (Wildman–Crippen MR) is 81.5 cm³/mol. The molecule has 0 unspecified atom stereocenters. The maximum Gasteiger partial charge on any atom is 0.230 e. The van der Waals surface area contributed by atoms with Crippen molar-refractivity contribution in [2.45, 2.75) is 52.9 Å². The molecule has 2 aromatic rings. The summed E-state index contributed by atoms with van der Waals surface area (Å²) in [5.41, 5.74) is 1.58. The molecule has 1 N–H and O–H groups in total. The van der Waals surface area contributed by atoms with E-state index in [2.05, 4.69) is 34.5 Å². The molecular formula is C14H20N4O2S. The van der Waals surface area contributed by atoms with Crippen LogP contribution in [0.5, 0.6) is 0 Å². The fourth-order valence-corrected chi connectivity index (χ4v) is 3.19. The topological polar surface area (TPSA) is 80.9 Å². The molecule has 6 nitrogen and oxygen atoms in total. The molecule has 0 aromatic carbocycles. The molecule has 0 radical (unpaired) electrons. The first-order chi connectivity index (χ1) is 10.0. The molecule has 0 aliphatic rings. The number of amides is 1. The second-order valence-corrected chi connectivity index (χ2v) is 6.00. The molecule has 0 spiro atoms. The Kier molecular flexibility index (Phi) is 5.06. The Hall–Kier alpha value is -1.76. The summed E-state index contributed by atoms with van der Waals surface area (Å²) >= 11 is 1.45. The van der Waals surface area contributed by atoms with E-state index in [-0.39, 0.29) is 12.3 Å². The van der Waals surface area contributed by atoms with Gasteiger partial charge in [0.15, 0.2) is 0 Å². The normalized spacial score (nSPS) is 11.1. The number of nitrogens with one attached hydrogen (secondary N) is 1. The highest BCUT2D eigenvalue weighted by molar-refractivity contribution is 7.15. The third kappa shape index (κ3) is 3.66. The van der Waals surface area contributed by atoms with Gasteiger partial charge in [-0.1, -0.05) is 30.3 Å². The van der Waals surface area contributed by atoms with Crippen LogP contribution in [-0.2, 0) is 11.2 Å². The van der Waals surface area contributed by atoms with Crippen molar-refractivity contribution in [2.24, 2.45) is 0 Å². The number of nitrogens with zero attached hydrogens (tertiary/aromatic N) is 3. The van der Waals surface area contributed by atoms with Gasteiger partial charge in [0.05, 0.1) is 12.1 Å². The van der Waals surface area contributed by atoms with E-state index in [1.807, 2.05) is 6.92 Å². The number of carbonyl (C=O) groups excluding carboxylic acids is 1. The van der Waals surface area contributed by atoms with Crippen molar-refractivity contribution < 1.29 is 9.32 Å². The molecule has 114 valence electrons. The number of aryl methyl sites for hydroxylation is 2. The Bertz CT molecular complexity index is 597. The Morgan fingerprint density at radius 2 is 2.00 bits per heavy atom. The van der Waals surface area contributed by atoms with Crippen LogP contribution in [-0.4, -0.2) is 21.3 Å². The van der Waals surface area contributed by atoms with Crippen molar-refractivity contribution in [1.29, 1.82) is 0 Å². The van der Waals surface area contributed by atoms with Gasteiger partial charge in [-0.2, -0.15) is 0 Å². The lowest BCUT2D eigenvalue weighted by atomic mass is 10.1. The summed E-state index contributed by atoms with van der Waals surface area (Å²) in [4.78, 5) is 12.1. The van der Waals surface area contributed by atoms with Crippen LogP contribution in [0.1, 0.15) is 54.6 Å². The van der Waals surface area contributed by atoms with Crippen LogP contribution in [0, 0.1) is 13.8 Å². The number of hydrogen-bond acceptors (Lipinski definition) is 6. The van der Waals surface area contributed by atoms with Crippen molar-refractivity contribution in [3.8, 4) is 0 Å². The zero-order valence-electron chi connectivity index (χ0n) is 12.8. The summed E-state index contributed by atoms with van der Waals surface area (Å²) in [5, 5.41) is 16.4. The lowest BCUT2D eigenvalue weighted by Gasteiger charge is -2.05. The van der Waals surface area contributed by atoms with Gasteiger partial charge in [-0.05, 0) is 26.7 Å². The van der Waals surface area contributed by atoms with Gasteiger partial charge in [0, 0.05) is 11.5 Å². The molecule has 1 amide bonds. The van der Waals surface area contributed by atoms with Crippen LogP contribution >= 0.6 is 11.3 Å². The fourth-order valence-electron chi connectivity index (χ4n) is 2.17. The molecule has 0 aliphatic heterocycles. The summed E-state index contributed by atoms with van der Waals surface area (Å²) in [5.74, 6) is 0.963. The first-order valence-electron chi connectivity index (χ1n) is 7.10. The summed E-state index contributed by atoms with van der Waals surface area (Å²) in [6, 6.07) is 0. The van der Waals surface area contributed by atoms with Crippen LogP contribution in [0.25, 0.3) is 0 Å². The van der Waals surface area contributed by atoms with Crippen molar-refractivity contribution in [3.05, 3.63) is 22.0 Å². The third-order valence-electron chi connectivity index (χ3n) is 3.54.